The van der Waals surface area contributed by atoms with Crippen molar-refractivity contribution in [2.45, 2.75) is 6.92 Å². The molecule has 0 atom stereocenters. The molecule has 0 aliphatic carbocycles. The highest BCUT2D eigenvalue weighted by atomic mass is 35.5. The van der Waals surface area contributed by atoms with Gasteiger partial charge in [-0.25, -0.2) is 4.98 Å². The molecule has 4 rings (SSSR count). The largest absolute Gasteiger partial charge is 0.481 e. The number of fused-ring (bicyclic) bond motifs is 3. The third-order valence-corrected chi connectivity index (χ3v) is 4.53. The van der Waals surface area contributed by atoms with Gasteiger partial charge in [0, 0.05) is 11.6 Å². The molecule has 3 aromatic heterocycles. The molecule has 24 heavy (non-hydrogen) atoms. The average molecular weight is 360 g/mol. The Morgan fingerprint density at radius 3 is 2.62 bits per heavy atom. The third kappa shape index (κ3) is 2.18. The van der Waals surface area contributed by atoms with Gasteiger partial charge in [0.05, 0.1) is 22.8 Å². The molecule has 0 N–H and O–H groups in total. The molecule has 4 aromatic rings. The fourth-order valence-electron chi connectivity index (χ4n) is 2.58. The SMILES string of the molecule is COc1ccc2nnc3c(C)nc(-c4cccc(Cl)c4Cl)n3c2n1. The van der Waals surface area contributed by atoms with E-state index in [1.54, 1.807) is 25.3 Å². The fraction of sp³-hybridized carbons (Fsp3) is 0.125. The van der Waals surface area contributed by atoms with E-state index in [4.69, 9.17) is 27.9 Å². The van der Waals surface area contributed by atoms with Crippen LogP contribution in [0, 0.1) is 6.92 Å². The van der Waals surface area contributed by atoms with Crippen LogP contribution in [-0.4, -0.2) is 31.7 Å². The molecular weight excluding hydrogens is 349 g/mol. The molecule has 0 radical (unpaired) electrons. The highest BCUT2D eigenvalue weighted by molar-refractivity contribution is 6.43. The van der Waals surface area contributed by atoms with Gasteiger partial charge in [-0.2, -0.15) is 4.98 Å². The zero-order valence-electron chi connectivity index (χ0n) is 12.8. The lowest BCUT2D eigenvalue weighted by Crippen LogP contribution is -2.00. The van der Waals surface area contributed by atoms with Crippen molar-refractivity contribution in [3.63, 3.8) is 0 Å². The average Bonchev–Trinajstić information content (AvgIpc) is 2.94. The zero-order chi connectivity index (χ0) is 16.8. The normalized spacial score (nSPS) is 11.3. The molecule has 0 bridgehead atoms. The molecule has 1 aromatic carbocycles. The van der Waals surface area contributed by atoms with Gasteiger partial charge in [-0.1, -0.05) is 29.3 Å². The molecule has 120 valence electrons. The molecule has 0 fully saturated rings. The predicted molar refractivity (Wildman–Crippen MR) is 92.8 cm³/mol. The first kappa shape index (κ1) is 15.1. The van der Waals surface area contributed by atoms with E-state index in [9.17, 15) is 0 Å². The minimum absolute atomic E-state index is 0.430. The summed E-state index contributed by atoms with van der Waals surface area (Å²) in [6.07, 6.45) is 0. The Kier molecular flexibility index (Phi) is 3.51. The van der Waals surface area contributed by atoms with Crippen LogP contribution >= 0.6 is 23.2 Å². The molecule has 0 aliphatic rings. The summed E-state index contributed by atoms with van der Waals surface area (Å²) in [7, 11) is 1.56. The molecule has 3 heterocycles. The number of nitrogens with zero attached hydrogens (tertiary/aromatic N) is 5. The van der Waals surface area contributed by atoms with Crippen LogP contribution in [-0.2, 0) is 0 Å². The van der Waals surface area contributed by atoms with Crippen molar-refractivity contribution >= 4 is 40.0 Å². The first-order valence-electron chi connectivity index (χ1n) is 7.11. The second-order valence-electron chi connectivity index (χ2n) is 5.18. The van der Waals surface area contributed by atoms with Gasteiger partial charge in [-0.3, -0.25) is 4.40 Å². The monoisotopic (exact) mass is 359 g/mol. The van der Waals surface area contributed by atoms with Crippen LogP contribution in [0.2, 0.25) is 10.0 Å². The van der Waals surface area contributed by atoms with Crippen LogP contribution in [0.5, 0.6) is 5.88 Å². The molecule has 0 saturated carbocycles. The van der Waals surface area contributed by atoms with E-state index in [0.717, 1.165) is 5.69 Å². The van der Waals surface area contributed by atoms with Crippen LogP contribution in [0.4, 0.5) is 0 Å². The van der Waals surface area contributed by atoms with Crippen molar-refractivity contribution in [1.29, 1.82) is 0 Å². The van der Waals surface area contributed by atoms with Crippen LogP contribution in [0.15, 0.2) is 30.3 Å². The summed E-state index contributed by atoms with van der Waals surface area (Å²) in [5, 5.41) is 9.35. The minimum Gasteiger partial charge on any atom is -0.481 e. The number of rotatable bonds is 2. The van der Waals surface area contributed by atoms with E-state index in [1.807, 2.05) is 23.5 Å². The van der Waals surface area contributed by atoms with Crippen LogP contribution in [0.1, 0.15) is 5.69 Å². The summed E-state index contributed by atoms with van der Waals surface area (Å²) in [6, 6.07) is 8.94. The number of halogens is 2. The Labute approximate surface area is 147 Å². The summed E-state index contributed by atoms with van der Waals surface area (Å²) in [5.74, 6) is 1.09. The van der Waals surface area contributed by atoms with E-state index in [1.165, 1.54) is 0 Å². The maximum atomic E-state index is 6.38. The lowest BCUT2D eigenvalue weighted by Gasteiger charge is -2.07. The summed E-state index contributed by atoms with van der Waals surface area (Å²) in [5.41, 5.74) is 3.24. The molecule has 6 nitrogen and oxygen atoms in total. The van der Waals surface area contributed by atoms with Gasteiger partial charge in [0.15, 0.2) is 11.3 Å². The van der Waals surface area contributed by atoms with Gasteiger partial charge in [0.25, 0.3) is 0 Å². The number of aromatic nitrogens is 5. The van der Waals surface area contributed by atoms with Crippen molar-refractivity contribution in [2.24, 2.45) is 0 Å². The van der Waals surface area contributed by atoms with Gasteiger partial charge in [-0.15, -0.1) is 10.2 Å². The molecule has 0 saturated heterocycles. The van der Waals surface area contributed by atoms with Gasteiger partial charge < -0.3 is 4.74 Å². The summed E-state index contributed by atoms with van der Waals surface area (Å²) >= 11 is 12.5. The van der Waals surface area contributed by atoms with Crippen molar-refractivity contribution in [3.8, 4) is 17.3 Å². The number of hydrogen-bond donors (Lipinski definition) is 0. The maximum absolute atomic E-state index is 6.38. The Morgan fingerprint density at radius 2 is 1.83 bits per heavy atom. The van der Waals surface area contributed by atoms with Crippen molar-refractivity contribution in [1.82, 2.24) is 24.6 Å². The summed E-state index contributed by atoms with van der Waals surface area (Å²) < 4.78 is 7.04. The van der Waals surface area contributed by atoms with Crippen molar-refractivity contribution < 1.29 is 4.74 Å². The van der Waals surface area contributed by atoms with E-state index in [-0.39, 0.29) is 0 Å². The Hall–Kier alpha value is -2.44. The highest BCUT2D eigenvalue weighted by Crippen LogP contribution is 2.34. The quantitative estimate of drug-likeness (QED) is 0.541. The van der Waals surface area contributed by atoms with Gasteiger partial charge >= 0.3 is 0 Å². The number of aryl methyl sites for hydroxylation is 1. The second kappa shape index (κ2) is 5.58. The lowest BCUT2D eigenvalue weighted by atomic mass is 10.2. The van der Waals surface area contributed by atoms with Gasteiger partial charge in [-0.05, 0) is 25.1 Å². The number of pyridine rings is 1. The first-order chi connectivity index (χ1) is 11.6. The van der Waals surface area contributed by atoms with Crippen molar-refractivity contribution in [3.05, 3.63) is 46.1 Å². The Bertz CT molecular complexity index is 1090. The Balaban J connectivity index is 2.16. The lowest BCUT2D eigenvalue weighted by molar-refractivity contribution is 0.399. The maximum Gasteiger partial charge on any atom is 0.215 e. The molecular formula is C16H11Cl2N5O. The predicted octanol–water partition coefficient (Wildman–Crippen LogP) is 3.96. The van der Waals surface area contributed by atoms with E-state index in [0.29, 0.717) is 44.1 Å². The second-order valence-corrected chi connectivity index (χ2v) is 5.96. The van der Waals surface area contributed by atoms with Crippen molar-refractivity contribution in [2.75, 3.05) is 7.11 Å². The van der Waals surface area contributed by atoms with Crippen LogP contribution in [0.3, 0.4) is 0 Å². The third-order valence-electron chi connectivity index (χ3n) is 3.72. The van der Waals surface area contributed by atoms with Gasteiger partial charge in [0.1, 0.15) is 11.3 Å². The van der Waals surface area contributed by atoms with Crippen LogP contribution in [0.25, 0.3) is 28.2 Å². The highest BCUT2D eigenvalue weighted by Gasteiger charge is 2.18. The number of methoxy groups -OCH3 is 1. The molecule has 0 amide bonds. The number of ether oxygens (including phenoxy) is 1. The van der Waals surface area contributed by atoms with E-state index in [2.05, 4.69) is 20.2 Å². The smallest absolute Gasteiger partial charge is 0.215 e. The van der Waals surface area contributed by atoms with E-state index < -0.39 is 0 Å². The first-order valence-corrected chi connectivity index (χ1v) is 7.86. The Morgan fingerprint density at radius 1 is 1.00 bits per heavy atom. The summed E-state index contributed by atoms with van der Waals surface area (Å²) in [6.45, 7) is 1.86. The number of imidazole rings is 1. The van der Waals surface area contributed by atoms with Gasteiger partial charge in [0.2, 0.25) is 5.88 Å². The standard InChI is InChI=1S/C16H11Cl2N5O/c1-8-14-22-21-11-6-7-12(24-2)20-16(11)23(14)15(19-8)9-4-3-5-10(17)13(9)18/h3-7H,1-2H3. The zero-order valence-corrected chi connectivity index (χ0v) is 14.3. The molecule has 0 unspecified atom stereocenters. The minimum atomic E-state index is 0.430. The summed E-state index contributed by atoms with van der Waals surface area (Å²) in [4.78, 5) is 9.10. The number of hydrogen-bond acceptors (Lipinski definition) is 5. The molecule has 8 heteroatoms. The number of benzene rings is 1. The molecule has 0 aliphatic heterocycles. The topological polar surface area (TPSA) is 65.2 Å². The fourth-order valence-corrected chi connectivity index (χ4v) is 2.96. The molecule has 0 spiro atoms. The van der Waals surface area contributed by atoms with Crippen LogP contribution < -0.4 is 4.74 Å². The van der Waals surface area contributed by atoms with E-state index >= 15 is 0 Å².